The van der Waals surface area contributed by atoms with Crippen LogP contribution in [0.3, 0.4) is 0 Å². The first-order valence-corrected chi connectivity index (χ1v) is 9.88. The Bertz CT molecular complexity index is 646. The smallest absolute Gasteiger partial charge is 0.303 e. The molecule has 0 heterocycles. The van der Waals surface area contributed by atoms with Crippen LogP contribution in [0.5, 0.6) is 0 Å². The Balaban J connectivity index is 1.98. The number of hydrogen-bond acceptors (Lipinski definition) is 5. The summed E-state index contributed by atoms with van der Waals surface area (Å²) in [6.45, 7) is 1.95. The second-order valence-electron chi connectivity index (χ2n) is 7.19. The first kappa shape index (κ1) is 22.1. The molecule has 1 aromatic rings. The predicted octanol–water partition coefficient (Wildman–Crippen LogP) is 3.31. The maximum Gasteiger partial charge on any atom is 0.303 e. The van der Waals surface area contributed by atoms with Crippen molar-refractivity contribution in [3.63, 3.8) is 0 Å². The summed E-state index contributed by atoms with van der Waals surface area (Å²) in [5, 5.41) is 12.0. The number of esters is 1. The molecule has 2 N–H and O–H groups in total. The summed E-state index contributed by atoms with van der Waals surface area (Å²) in [6, 6.07) is 10.0. The molecule has 1 saturated carbocycles. The molecular weight excluding hydrogens is 358 g/mol. The zero-order valence-corrected chi connectivity index (χ0v) is 16.7. The topological polar surface area (TPSA) is 84.9 Å². The molecule has 0 aromatic heterocycles. The van der Waals surface area contributed by atoms with Crippen LogP contribution in [0.15, 0.2) is 42.5 Å². The van der Waals surface area contributed by atoms with Gasteiger partial charge in [-0.25, -0.2) is 0 Å². The molecule has 0 saturated heterocycles. The lowest BCUT2D eigenvalue weighted by Gasteiger charge is -2.25. The van der Waals surface area contributed by atoms with E-state index in [1.165, 1.54) is 6.92 Å². The van der Waals surface area contributed by atoms with Crippen LogP contribution in [0.4, 0.5) is 0 Å². The number of unbranched alkanes of at least 4 members (excludes halogenated alkanes) is 1. The van der Waals surface area contributed by atoms with Crippen LogP contribution in [-0.4, -0.2) is 42.3 Å². The molecule has 0 spiro atoms. The Kier molecular flexibility index (Phi) is 9.17. The second-order valence-corrected chi connectivity index (χ2v) is 7.19. The molecule has 1 fully saturated rings. The van der Waals surface area contributed by atoms with Gasteiger partial charge in [-0.2, -0.15) is 0 Å². The van der Waals surface area contributed by atoms with Crippen LogP contribution in [0.2, 0.25) is 0 Å². The molecule has 28 heavy (non-hydrogen) atoms. The minimum absolute atomic E-state index is 0.0216. The maximum absolute atomic E-state index is 11.5. The molecule has 0 amide bonds. The number of carboxylic acid groups (broad SMARTS) is 1. The van der Waals surface area contributed by atoms with E-state index in [0.29, 0.717) is 19.4 Å². The van der Waals surface area contributed by atoms with E-state index >= 15 is 0 Å². The fourth-order valence-corrected chi connectivity index (χ4v) is 3.80. The molecule has 4 atom stereocenters. The van der Waals surface area contributed by atoms with Gasteiger partial charge < -0.3 is 19.9 Å². The fraction of sp³-hybridized carbons (Fsp3) is 0.545. The molecule has 0 bridgehead atoms. The van der Waals surface area contributed by atoms with E-state index in [2.05, 4.69) is 11.4 Å². The van der Waals surface area contributed by atoms with Gasteiger partial charge in [-0.15, -0.1) is 0 Å². The van der Waals surface area contributed by atoms with E-state index in [4.69, 9.17) is 14.6 Å². The van der Waals surface area contributed by atoms with Crippen molar-refractivity contribution in [3.05, 3.63) is 48.0 Å². The molecule has 1 aliphatic rings. The number of carbonyl (C=O) groups is 2. The number of aliphatic carboxylic acids is 1. The van der Waals surface area contributed by atoms with Gasteiger partial charge in [0.2, 0.25) is 0 Å². The average molecular weight is 389 g/mol. The second kappa shape index (κ2) is 11.6. The SMILES string of the molecule is CN[C@H]1[C@H](C/C=C\CCCC(=O)O)[C@H](OCc2ccccc2)C[C@@H]1OC(C)=O. The third-order valence-electron chi connectivity index (χ3n) is 5.10. The summed E-state index contributed by atoms with van der Waals surface area (Å²) in [5.74, 6) is -0.872. The molecule has 2 rings (SSSR count). The van der Waals surface area contributed by atoms with E-state index < -0.39 is 5.97 Å². The Morgan fingerprint density at radius 1 is 1.21 bits per heavy atom. The van der Waals surface area contributed by atoms with Crippen LogP contribution < -0.4 is 5.32 Å². The number of allylic oxidation sites excluding steroid dienone is 2. The summed E-state index contributed by atoms with van der Waals surface area (Å²) >= 11 is 0. The Morgan fingerprint density at radius 2 is 1.96 bits per heavy atom. The number of likely N-dealkylation sites (N-methyl/N-ethyl adjacent to an activating group) is 1. The molecular formula is C22H31NO5. The lowest BCUT2D eigenvalue weighted by atomic mass is 9.96. The summed E-state index contributed by atoms with van der Waals surface area (Å²) in [7, 11) is 1.88. The van der Waals surface area contributed by atoms with Crippen molar-refractivity contribution in [1.82, 2.24) is 5.32 Å². The number of benzene rings is 1. The zero-order valence-electron chi connectivity index (χ0n) is 16.7. The molecule has 0 aliphatic heterocycles. The molecule has 0 unspecified atom stereocenters. The maximum atomic E-state index is 11.5. The lowest BCUT2D eigenvalue weighted by Crippen LogP contribution is -2.41. The molecule has 154 valence electrons. The van der Waals surface area contributed by atoms with Crippen molar-refractivity contribution in [2.45, 2.75) is 63.9 Å². The number of ether oxygens (including phenoxy) is 2. The van der Waals surface area contributed by atoms with Crippen molar-refractivity contribution in [2.75, 3.05) is 7.05 Å². The van der Waals surface area contributed by atoms with Gasteiger partial charge in [0.25, 0.3) is 0 Å². The van der Waals surface area contributed by atoms with Crippen molar-refractivity contribution in [3.8, 4) is 0 Å². The molecule has 1 aromatic carbocycles. The summed E-state index contributed by atoms with van der Waals surface area (Å²) in [4.78, 5) is 22.1. The predicted molar refractivity (Wildman–Crippen MR) is 107 cm³/mol. The standard InChI is InChI=1S/C22H31NO5/c1-16(24)28-20-14-19(27-15-17-10-6-5-7-11-17)18(22(20)23-2)12-8-3-4-9-13-21(25)26/h3,5-8,10-11,18-20,22-23H,4,9,12-15H2,1-2H3,(H,25,26)/b8-3-/t18-,19-,20+,22+/m1/s1. The van der Waals surface area contributed by atoms with Gasteiger partial charge in [0.1, 0.15) is 6.10 Å². The minimum Gasteiger partial charge on any atom is -0.481 e. The Hall–Kier alpha value is -2.18. The van der Waals surface area contributed by atoms with Gasteiger partial charge in [-0.3, -0.25) is 9.59 Å². The van der Waals surface area contributed by atoms with Crippen molar-refractivity contribution < 1.29 is 24.2 Å². The monoisotopic (exact) mass is 389 g/mol. The first-order chi connectivity index (χ1) is 13.5. The van der Waals surface area contributed by atoms with E-state index in [0.717, 1.165) is 18.4 Å². The van der Waals surface area contributed by atoms with E-state index in [-0.39, 0.29) is 36.6 Å². The van der Waals surface area contributed by atoms with Gasteiger partial charge in [0, 0.05) is 31.7 Å². The quantitative estimate of drug-likeness (QED) is 0.343. The van der Waals surface area contributed by atoms with Gasteiger partial charge in [0.05, 0.1) is 12.7 Å². The Labute approximate surface area is 166 Å². The molecule has 6 heteroatoms. The number of carbonyl (C=O) groups excluding carboxylic acids is 1. The van der Waals surface area contributed by atoms with Crippen LogP contribution >= 0.6 is 0 Å². The van der Waals surface area contributed by atoms with Crippen LogP contribution in [0.1, 0.15) is 44.6 Å². The van der Waals surface area contributed by atoms with E-state index in [9.17, 15) is 9.59 Å². The van der Waals surface area contributed by atoms with Crippen molar-refractivity contribution in [1.29, 1.82) is 0 Å². The first-order valence-electron chi connectivity index (χ1n) is 9.88. The molecule has 0 radical (unpaired) electrons. The number of hydrogen-bond donors (Lipinski definition) is 2. The largest absolute Gasteiger partial charge is 0.481 e. The van der Waals surface area contributed by atoms with Crippen LogP contribution in [0.25, 0.3) is 0 Å². The number of carboxylic acids is 1. The molecule has 6 nitrogen and oxygen atoms in total. The lowest BCUT2D eigenvalue weighted by molar-refractivity contribution is -0.147. The molecule has 1 aliphatic carbocycles. The summed E-state index contributed by atoms with van der Waals surface area (Å²) in [5.41, 5.74) is 1.11. The number of nitrogens with one attached hydrogen (secondary N) is 1. The average Bonchev–Trinajstić information content (AvgIpc) is 2.99. The number of rotatable bonds is 11. The van der Waals surface area contributed by atoms with Gasteiger partial charge in [-0.1, -0.05) is 42.5 Å². The fourth-order valence-electron chi connectivity index (χ4n) is 3.80. The van der Waals surface area contributed by atoms with E-state index in [1.807, 2.05) is 43.5 Å². The van der Waals surface area contributed by atoms with Gasteiger partial charge in [0.15, 0.2) is 0 Å². The summed E-state index contributed by atoms with van der Waals surface area (Å²) in [6.07, 6.45) is 6.89. The van der Waals surface area contributed by atoms with Gasteiger partial charge in [-0.05, 0) is 31.9 Å². The van der Waals surface area contributed by atoms with Crippen molar-refractivity contribution >= 4 is 11.9 Å². The van der Waals surface area contributed by atoms with Gasteiger partial charge >= 0.3 is 11.9 Å². The van der Waals surface area contributed by atoms with Crippen LogP contribution in [-0.2, 0) is 25.7 Å². The highest BCUT2D eigenvalue weighted by Crippen LogP contribution is 2.34. The minimum atomic E-state index is -0.766. The Morgan fingerprint density at radius 3 is 2.61 bits per heavy atom. The van der Waals surface area contributed by atoms with Crippen LogP contribution in [0, 0.1) is 5.92 Å². The highest BCUT2D eigenvalue weighted by molar-refractivity contribution is 5.66. The summed E-state index contributed by atoms with van der Waals surface area (Å²) < 4.78 is 11.7. The highest BCUT2D eigenvalue weighted by Gasteiger charge is 2.44. The zero-order chi connectivity index (χ0) is 20.4. The third kappa shape index (κ3) is 7.09. The normalized spacial score (nSPS) is 24.5. The third-order valence-corrected chi connectivity index (χ3v) is 5.10. The van der Waals surface area contributed by atoms with E-state index in [1.54, 1.807) is 0 Å². The highest BCUT2D eigenvalue weighted by atomic mass is 16.5. The van der Waals surface area contributed by atoms with Crippen molar-refractivity contribution in [2.24, 2.45) is 5.92 Å².